The minimum absolute atomic E-state index is 0.435. The number of aliphatic imine (C=N–C) groups is 1. The summed E-state index contributed by atoms with van der Waals surface area (Å²) in [6.07, 6.45) is 0. The van der Waals surface area contributed by atoms with Gasteiger partial charge in [-0.1, -0.05) is 188 Å². The molecule has 1 heterocycles. The van der Waals surface area contributed by atoms with Crippen LogP contribution in [0.15, 0.2) is 205 Å². The maximum Gasteiger partial charge on any atom is 0.115 e. The Hall–Kier alpha value is -6.97. The van der Waals surface area contributed by atoms with Gasteiger partial charge in [0.2, 0.25) is 0 Å². The fourth-order valence-corrected chi connectivity index (χ4v) is 9.05. The van der Waals surface area contributed by atoms with Gasteiger partial charge < -0.3 is 9.88 Å². The topological polar surface area (TPSA) is 29.3 Å². The molecule has 3 heteroatoms. The summed E-state index contributed by atoms with van der Waals surface area (Å²) >= 11 is 0. The maximum atomic E-state index is 5.63. The number of rotatable bonds is 8. The van der Waals surface area contributed by atoms with Gasteiger partial charge >= 0.3 is 0 Å². The van der Waals surface area contributed by atoms with Crippen LogP contribution in [-0.4, -0.2) is 17.3 Å². The Labute approximate surface area is 321 Å². The van der Waals surface area contributed by atoms with Gasteiger partial charge in [0.15, 0.2) is 0 Å². The molecule has 0 radical (unpaired) electrons. The van der Waals surface area contributed by atoms with E-state index in [1.54, 1.807) is 0 Å². The number of hydrogen-bond donors (Lipinski definition) is 1. The Balaban J connectivity index is 1.26. The molecular formula is C52H39N3. The number of nitrogens with one attached hydrogen (secondary N) is 1. The molecule has 1 N–H and O–H groups in total. The molecule has 9 aromatic rings. The summed E-state index contributed by atoms with van der Waals surface area (Å²) in [7, 11) is 1.98. The molecule has 0 saturated carbocycles. The smallest absolute Gasteiger partial charge is 0.115 e. The summed E-state index contributed by atoms with van der Waals surface area (Å²) in [6, 6.07) is 72.5. The molecule has 8 aromatic carbocycles. The van der Waals surface area contributed by atoms with Gasteiger partial charge in [-0.3, -0.25) is 4.99 Å². The second-order valence-corrected chi connectivity index (χ2v) is 14.2. The fourth-order valence-electron chi connectivity index (χ4n) is 9.05. The van der Waals surface area contributed by atoms with Crippen molar-refractivity contribution in [1.82, 2.24) is 4.57 Å². The van der Waals surface area contributed by atoms with E-state index < -0.39 is 5.41 Å². The van der Waals surface area contributed by atoms with Gasteiger partial charge in [-0.25, -0.2) is 0 Å². The van der Waals surface area contributed by atoms with Crippen molar-refractivity contribution in [1.29, 1.82) is 0 Å². The molecule has 1 aromatic heterocycles. The van der Waals surface area contributed by atoms with E-state index in [0.29, 0.717) is 6.67 Å². The molecule has 0 spiro atoms. The summed E-state index contributed by atoms with van der Waals surface area (Å²) in [5, 5.41) is 5.90. The van der Waals surface area contributed by atoms with Crippen LogP contribution in [0, 0.1) is 0 Å². The first kappa shape index (κ1) is 32.7. The maximum absolute atomic E-state index is 5.63. The van der Waals surface area contributed by atoms with Gasteiger partial charge in [-0.2, -0.15) is 0 Å². The summed E-state index contributed by atoms with van der Waals surface area (Å²) in [5.41, 5.74) is 16.0. The van der Waals surface area contributed by atoms with E-state index in [0.717, 1.165) is 22.5 Å². The van der Waals surface area contributed by atoms with Crippen LogP contribution in [0.1, 0.15) is 33.4 Å². The van der Waals surface area contributed by atoms with E-state index >= 15 is 0 Å². The number of benzene rings is 8. The van der Waals surface area contributed by atoms with Gasteiger partial charge in [0.05, 0.1) is 22.2 Å². The van der Waals surface area contributed by atoms with Gasteiger partial charge in [0.1, 0.15) is 6.67 Å². The molecule has 55 heavy (non-hydrogen) atoms. The molecule has 0 aliphatic heterocycles. The zero-order chi connectivity index (χ0) is 36.8. The lowest BCUT2D eigenvalue weighted by atomic mass is 9.67. The fraction of sp³-hybridized carbons (Fsp3) is 0.0577. The first-order valence-electron chi connectivity index (χ1n) is 19.0. The van der Waals surface area contributed by atoms with Crippen LogP contribution >= 0.6 is 0 Å². The Kier molecular flexibility index (Phi) is 8.00. The highest BCUT2D eigenvalue weighted by molar-refractivity contribution is 6.16. The zero-order valence-electron chi connectivity index (χ0n) is 30.7. The molecule has 0 unspecified atom stereocenters. The lowest BCUT2D eigenvalue weighted by Gasteiger charge is -2.34. The summed E-state index contributed by atoms with van der Waals surface area (Å²) in [4.78, 5) is 5.63. The number of nitrogens with zero attached hydrogens (tertiary/aromatic N) is 2. The van der Waals surface area contributed by atoms with Crippen molar-refractivity contribution in [3.05, 3.63) is 234 Å². The van der Waals surface area contributed by atoms with Crippen molar-refractivity contribution in [2.75, 3.05) is 12.4 Å². The van der Waals surface area contributed by atoms with E-state index in [9.17, 15) is 0 Å². The number of hydrogen-bond acceptors (Lipinski definition) is 2. The second-order valence-electron chi connectivity index (χ2n) is 14.2. The molecular weight excluding hydrogens is 667 g/mol. The molecule has 0 fully saturated rings. The summed E-state index contributed by atoms with van der Waals surface area (Å²) in [5.74, 6) is 0. The highest BCUT2D eigenvalue weighted by Crippen LogP contribution is 2.58. The van der Waals surface area contributed by atoms with Crippen molar-refractivity contribution in [3.63, 3.8) is 0 Å². The molecule has 1 aliphatic rings. The highest BCUT2D eigenvalue weighted by Gasteiger charge is 2.48. The molecule has 0 saturated heterocycles. The minimum Gasteiger partial charge on any atom is -0.388 e. The van der Waals surface area contributed by atoms with Crippen LogP contribution in [-0.2, 0) is 12.1 Å². The quantitative estimate of drug-likeness (QED) is 0.157. The molecule has 3 nitrogen and oxygen atoms in total. The predicted octanol–water partition coefficient (Wildman–Crippen LogP) is 12.4. The minimum atomic E-state index is -0.543. The van der Waals surface area contributed by atoms with Crippen molar-refractivity contribution >= 4 is 33.2 Å². The third kappa shape index (κ3) is 5.15. The normalized spacial score (nSPS) is 13.1. The molecule has 10 rings (SSSR count). The van der Waals surface area contributed by atoms with E-state index in [4.69, 9.17) is 4.99 Å². The predicted molar refractivity (Wildman–Crippen MR) is 230 cm³/mol. The van der Waals surface area contributed by atoms with Gasteiger partial charge in [-0.05, 0) is 51.1 Å². The highest BCUT2D eigenvalue weighted by atomic mass is 15.1. The van der Waals surface area contributed by atoms with Gasteiger partial charge in [0, 0.05) is 40.2 Å². The van der Waals surface area contributed by atoms with Crippen LogP contribution < -0.4 is 5.32 Å². The first-order chi connectivity index (χ1) is 27.3. The largest absolute Gasteiger partial charge is 0.388 e. The van der Waals surface area contributed by atoms with E-state index in [2.05, 4.69) is 210 Å². The van der Waals surface area contributed by atoms with E-state index in [1.165, 1.54) is 66.3 Å². The zero-order valence-corrected chi connectivity index (χ0v) is 30.7. The molecule has 1 aliphatic carbocycles. The molecule has 0 amide bonds. The molecule has 0 bridgehead atoms. The number of fused-ring (bicyclic) bond motifs is 7. The number of anilines is 1. The third-order valence-electron chi connectivity index (χ3n) is 11.4. The van der Waals surface area contributed by atoms with E-state index in [1.807, 2.05) is 7.05 Å². The summed E-state index contributed by atoms with van der Waals surface area (Å²) in [6.45, 7) is 0.435. The van der Waals surface area contributed by atoms with Gasteiger partial charge in [-0.15, -0.1) is 0 Å². The number of para-hydroxylation sites is 2. The van der Waals surface area contributed by atoms with Crippen LogP contribution in [0.25, 0.3) is 44.1 Å². The second kappa shape index (κ2) is 13.5. The Bertz CT molecular complexity index is 2810. The lowest BCUT2D eigenvalue weighted by molar-refractivity contribution is 0.748. The monoisotopic (exact) mass is 705 g/mol. The Morgan fingerprint density at radius 3 is 1.85 bits per heavy atom. The Morgan fingerprint density at radius 1 is 0.527 bits per heavy atom. The lowest BCUT2D eigenvalue weighted by Crippen LogP contribution is -2.29. The molecule has 0 atom stereocenters. The van der Waals surface area contributed by atoms with Crippen LogP contribution in [0.4, 0.5) is 5.69 Å². The van der Waals surface area contributed by atoms with Crippen LogP contribution in [0.5, 0.6) is 0 Å². The van der Waals surface area contributed by atoms with Crippen molar-refractivity contribution in [2.45, 2.75) is 12.1 Å². The van der Waals surface area contributed by atoms with E-state index in [-0.39, 0.29) is 0 Å². The standard InChI is InChI=1S/C52H39N3/c1-53-47-27-15-12-25-45(47)50(38-31-29-37(30-32-38)36-17-5-2-6-18-36)54-35-55-48-28-16-13-24-42(48)44-34-33-43-41-23-11-14-26-46(41)52(49(43)51(44)55,39-19-7-3-8-20-39)40-21-9-4-10-22-40/h2-34,53H,35H2,1H3. The summed E-state index contributed by atoms with van der Waals surface area (Å²) < 4.78 is 2.47. The van der Waals surface area contributed by atoms with Crippen molar-refractivity contribution in [3.8, 4) is 22.3 Å². The average molecular weight is 706 g/mol. The molecule has 262 valence electrons. The van der Waals surface area contributed by atoms with Crippen LogP contribution in [0.3, 0.4) is 0 Å². The number of aromatic nitrogens is 1. The van der Waals surface area contributed by atoms with Crippen molar-refractivity contribution < 1.29 is 0 Å². The third-order valence-corrected chi connectivity index (χ3v) is 11.4. The van der Waals surface area contributed by atoms with Crippen molar-refractivity contribution in [2.24, 2.45) is 4.99 Å². The van der Waals surface area contributed by atoms with Crippen LogP contribution in [0.2, 0.25) is 0 Å². The first-order valence-corrected chi connectivity index (χ1v) is 19.0. The van der Waals surface area contributed by atoms with Gasteiger partial charge in [0.25, 0.3) is 0 Å². The average Bonchev–Trinajstić information content (AvgIpc) is 3.75. The Morgan fingerprint density at radius 2 is 1.13 bits per heavy atom. The SMILES string of the molecule is CNc1ccccc1C(=NCn1c2ccccc2c2ccc3c(c21)C(c1ccccc1)(c1ccccc1)c1ccccc1-3)c1ccc(-c2ccccc2)cc1.